The number of hydrogen-bond acceptors (Lipinski definition) is 3. The molecule has 0 N–H and O–H groups in total. The summed E-state index contributed by atoms with van der Waals surface area (Å²) in [6.07, 6.45) is 8.44. The smallest absolute Gasteiger partial charge is 0.264 e. The van der Waals surface area contributed by atoms with E-state index in [1.807, 2.05) is 42.7 Å². The highest BCUT2D eigenvalue weighted by Gasteiger charge is 2.20. The zero-order valence-corrected chi connectivity index (χ0v) is 19.8. The maximum absolute atomic E-state index is 13.7. The molecular formula is C31H24N4O. The van der Waals surface area contributed by atoms with Gasteiger partial charge in [0.15, 0.2) is 0 Å². The first kappa shape index (κ1) is 20.0. The minimum absolute atomic E-state index is 0.0179. The van der Waals surface area contributed by atoms with E-state index in [9.17, 15) is 4.79 Å². The first-order valence-corrected chi connectivity index (χ1v) is 12.8. The van der Waals surface area contributed by atoms with Crippen LogP contribution in [0.4, 0.5) is 0 Å². The Hall–Kier alpha value is -4.25. The van der Waals surface area contributed by atoms with Gasteiger partial charge in [0.05, 0.1) is 28.4 Å². The van der Waals surface area contributed by atoms with Crippen LogP contribution in [0, 0.1) is 0 Å². The van der Waals surface area contributed by atoms with E-state index < -0.39 is 0 Å². The Bertz CT molecular complexity index is 2010. The Morgan fingerprint density at radius 2 is 1.61 bits per heavy atom. The van der Waals surface area contributed by atoms with Crippen molar-refractivity contribution >= 4 is 49.3 Å². The van der Waals surface area contributed by atoms with Crippen molar-refractivity contribution in [2.45, 2.75) is 38.1 Å². The zero-order valence-electron chi connectivity index (χ0n) is 19.8. The zero-order chi connectivity index (χ0) is 23.8. The van der Waals surface area contributed by atoms with Crippen molar-refractivity contribution < 1.29 is 0 Å². The van der Waals surface area contributed by atoms with E-state index in [0.29, 0.717) is 6.04 Å². The monoisotopic (exact) mass is 468 g/mol. The van der Waals surface area contributed by atoms with Crippen molar-refractivity contribution in [1.82, 2.24) is 18.9 Å². The lowest BCUT2D eigenvalue weighted by Gasteiger charge is -2.23. The van der Waals surface area contributed by atoms with Crippen LogP contribution in [0.2, 0.25) is 0 Å². The van der Waals surface area contributed by atoms with Crippen LogP contribution in [0.3, 0.4) is 0 Å². The summed E-state index contributed by atoms with van der Waals surface area (Å²) in [7, 11) is 0. The topological polar surface area (TPSA) is 52.2 Å². The van der Waals surface area contributed by atoms with Gasteiger partial charge in [0.2, 0.25) is 0 Å². The van der Waals surface area contributed by atoms with Gasteiger partial charge in [-0.25, -0.2) is 9.97 Å². The quantitative estimate of drug-likeness (QED) is 0.272. The molecule has 174 valence electrons. The van der Waals surface area contributed by atoms with E-state index >= 15 is 0 Å². The largest absolute Gasteiger partial charge is 0.327 e. The standard InChI is InChI=1S/C31H24N4O/c36-31-24-10-6-9-22-21(14-15-23(29(22)24)30-33-25-11-4-5-12-28(25)35(30)31)19-13-16-27-26(17-19)32-18-34(27)20-7-2-1-3-8-20/h4-6,9-18,20H,1-3,7-8H2. The normalized spacial score (nSPS) is 15.2. The highest BCUT2D eigenvalue weighted by Crippen LogP contribution is 2.37. The maximum Gasteiger partial charge on any atom is 0.264 e. The summed E-state index contributed by atoms with van der Waals surface area (Å²) >= 11 is 0. The van der Waals surface area contributed by atoms with Crippen LogP contribution in [0.5, 0.6) is 0 Å². The second-order valence-electron chi connectivity index (χ2n) is 10.1. The molecule has 0 bridgehead atoms. The van der Waals surface area contributed by atoms with Crippen LogP contribution < -0.4 is 5.56 Å². The van der Waals surface area contributed by atoms with E-state index in [1.54, 1.807) is 4.40 Å². The van der Waals surface area contributed by atoms with Gasteiger partial charge in [0.25, 0.3) is 5.56 Å². The number of para-hydroxylation sites is 2. The summed E-state index contributed by atoms with van der Waals surface area (Å²) < 4.78 is 4.13. The van der Waals surface area contributed by atoms with Gasteiger partial charge in [0, 0.05) is 22.2 Å². The number of rotatable bonds is 2. The number of fused-ring (bicyclic) bond motifs is 5. The summed E-state index contributed by atoms with van der Waals surface area (Å²) in [4.78, 5) is 23.3. The third kappa shape index (κ3) is 2.68. The fraction of sp³-hybridized carbons (Fsp3) is 0.194. The van der Waals surface area contributed by atoms with E-state index in [-0.39, 0.29) is 5.56 Å². The SMILES string of the molecule is O=c1c2cccc3c(-c4ccc5c(c4)ncn5C4CCCCC4)ccc(c32)c2nc3ccccc3n12. The fourth-order valence-corrected chi connectivity index (χ4v) is 6.41. The van der Waals surface area contributed by atoms with Gasteiger partial charge >= 0.3 is 0 Å². The van der Waals surface area contributed by atoms with Crippen LogP contribution in [-0.2, 0) is 0 Å². The average molecular weight is 469 g/mol. The second kappa shape index (κ2) is 7.37. The van der Waals surface area contributed by atoms with Crippen molar-refractivity contribution in [3.05, 3.63) is 89.5 Å². The van der Waals surface area contributed by atoms with Crippen molar-refractivity contribution in [1.29, 1.82) is 0 Å². The Labute approximate surface area is 207 Å². The summed E-state index contributed by atoms with van der Waals surface area (Å²) in [6.45, 7) is 0. The predicted molar refractivity (Wildman–Crippen MR) is 146 cm³/mol. The van der Waals surface area contributed by atoms with E-state index in [2.05, 4.69) is 41.0 Å². The Morgan fingerprint density at radius 1 is 0.750 bits per heavy atom. The molecule has 0 unspecified atom stereocenters. The Kier molecular flexibility index (Phi) is 4.10. The molecule has 7 aromatic rings. The number of pyridine rings is 1. The number of benzene rings is 4. The maximum atomic E-state index is 13.7. The Balaban J connectivity index is 1.36. The highest BCUT2D eigenvalue weighted by atomic mass is 16.1. The molecule has 1 aliphatic carbocycles. The van der Waals surface area contributed by atoms with E-state index in [1.165, 1.54) is 37.6 Å². The van der Waals surface area contributed by atoms with E-state index in [0.717, 1.165) is 54.9 Å². The number of aromatic nitrogens is 4. The number of hydrogen-bond donors (Lipinski definition) is 0. The number of nitrogens with zero attached hydrogens (tertiary/aromatic N) is 4. The van der Waals surface area contributed by atoms with Crippen LogP contribution in [0.15, 0.2) is 83.9 Å². The summed E-state index contributed by atoms with van der Waals surface area (Å²) in [5.74, 6) is 0. The van der Waals surface area contributed by atoms with Crippen LogP contribution in [0.25, 0.3) is 60.4 Å². The molecular weight excluding hydrogens is 444 g/mol. The molecule has 5 heteroatoms. The molecule has 36 heavy (non-hydrogen) atoms. The minimum Gasteiger partial charge on any atom is -0.327 e. The second-order valence-corrected chi connectivity index (χ2v) is 10.1. The van der Waals surface area contributed by atoms with Crippen molar-refractivity contribution in [3.63, 3.8) is 0 Å². The van der Waals surface area contributed by atoms with Gasteiger partial charge in [-0.15, -0.1) is 0 Å². The third-order valence-electron chi connectivity index (χ3n) is 8.13. The lowest BCUT2D eigenvalue weighted by atomic mass is 9.93. The molecule has 1 fully saturated rings. The minimum atomic E-state index is -0.0179. The fourth-order valence-electron chi connectivity index (χ4n) is 6.41. The van der Waals surface area contributed by atoms with Gasteiger partial charge in [-0.3, -0.25) is 9.20 Å². The molecule has 0 atom stereocenters. The molecule has 1 saturated carbocycles. The molecule has 0 radical (unpaired) electrons. The molecule has 4 aromatic carbocycles. The summed E-state index contributed by atoms with van der Waals surface area (Å²) in [5, 5.41) is 3.78. The molecule has 5 nitrogen and oxygen atoms in total. The molecule has 0 amide bonds. The first-order chi connectivity index (χ1) is 17.8. The number of imidazole rings is 2. The van der Waals surface area contributed by atoms with Gasteiger partial charge in [-0.05, 0) is 65.8 Å². The third-order valence-corrected chi connectivity index (χ3v) is 8.13. The average Bonchev–Trinajstić information content (AvgIpc) is 3.53. The van der Waals surface area contributed by atoms with Gasteiger partial charge in [-0.1, -0.05) is 55.7 Å². The summed E-state index contributed by atoms with van der Waals surface area (Å²) in [5.41, 5.74) is 6.85. The van der Waals surface area contributed by atoms with Gasteiger partial charge < -0.3 is 4.57 Å². The first-order valence-electron chi connectivity index (χ1n) is 12.8. The predicted octanol–water partition coefficient (Wildman–Crippen LogP) is 7.11. The van der Waals surface area contributed by atoms with Crippen LogP contribution >= 0.6 is 0 Å². The van der Waals surface area contributed by atoms with Crippen LogP contribution in [0.1, 0.15) is 38.1 Å². The lowest BCUT2D eigenvalue weighted by Crippen LogP contribution is -2.13. The van der Waals surface area contributed by atoms with Crippen molar-refractivity contribution in [2.24, 2.45) is 0 Å². The lowest BCUT2D eigenvalue weighted by molar-refractivity contribution is 0.359. The molecule has 0 saturated heterocycles. The Morgan fingerprint density at radius 3 is 2.53 bits per heavy atom. The molecule has 0 aliphatic heterocycles. The molecule has 8 rings (SSSR count). The molecule has 3 aromatic heterocycles. The van der Waals surface area contributed by atoms with Crippen molar-refractivity contribution in [2.75, 3.05) is 0 Å². The highest BCUT2D eigenvalue weighted by molar-refractivity contribution is 6.19. The van der Waals surface area contributed by atoms with E-state index in [4.69, 9.17) is 9.97 Å². The molecule has 1 aliphatic rings. The summed E-state index contributed by atoms with van der Waals surface area (Å²) in [6, 6.07) is 25.3. The van der Waals surface area contributed by atoms with Crippen molar-refractivity contribution in [3.8, 4) is 11.1 Å². The van der Waals surface area contributed by atoms with Gasteiger partial charge in [-0.2, -0.15) is 0 Å². The van der Waals surface area contributed by atoms with Gasteiger partial charge in [0.1, 0.15) is 5.65 Å². The molecule has 3 heterocycles. The molecule has 0 spiro atoms. The van der Waals surface area contributed by atoms with Crippen LogP contribution in [-0.4, -0.2) is 18.9 Å².